The lowest BCUT2D eigenvalue weighted by Gasteiger charge is -2.06. The van der Waals surface area contributed by atoms with E-state index < -0.39 is 11.2 Å². The van der Waals surface area contributed by atoms with Crippen molar-refractivity contribution in [3.05, 3.63) is 30.1 Å². The lowest BCUT2D eigenvalue weighted by molar-refractivity contribution is -0.117. The summed E-state index contributed by atoms with van der Waals surface area (Å²) in [5.41, 5.74) is 5.80. The van der Waals surface area contributed by atoms with Crippen LogP contribution >= 0.6 is 11.8 Å². The van der Waals surface area contributed by atoms with Gasteiger partial charge in [0.2, 0.25) is 11.1 Å². The second-order valence-corrected chi connectivity index (χ2v) is 5.15. The number of hydrogen-bond donors (Lipinski definition) is 2. The van der Waals surface area contributed by atoms with Gasteiger partial charge in [0.25, 0.3) is 0 Å². The van der Waals surface area contributed by atoms with Gasteiger partial charge in [-0.3, -0.25) is 4.79 Å². The zero-order valence-corrected chi connectivity index (χ0v) is 10.9. The largest absolute Gasteiger partial charge is 0.369 e. The summed E-state index contributed by atoms with van der Waals surface area (Å²) in [6, 6.07) is 5.72. The van der Waals surface area contributed by atoms with Crippen molar-refractivity contribution in [2.45, 2.75) is 17.3 Å². The van der Waals surface area contributed by atoms with Crippen molar-refractivity contribution in [2.75, 3.05) is 5.84 Å². The number of nitrogens with zero attached hydrogens (tertiary/aromatic N) is 3. The number of halogens is 1. The molecule has 1 aromatic carbocycles. The van der Waals surface area contributed by atoms with Gasteiger partial charge in [0.05, 0.1) is 5.25 Å². The molecule has 1 atom stereocenters. The zero-order chi connectivity index (χ0) is 14.0. The van der Waals surface area contributed by atoms with Crippen molar-refractivity contribution in [3.63, 3.8) is 0 Å². The number of carbonyl (C=O) groups excluding carboxylic acids is 1. The maximum Gasteiger partial charge on any atom is 0.230 e. The van der Waals surface area contributed by atoms with Gasteiger partial charge in [-0.15, -0.1) is 10.2 Å². The Morgan fingerprint density at radius 2 is 2.00 bits per heavy atom. The predicted octanol–water partition coefficient (Wildman–Crippen LogP) is 0.764. The normalized spacial score (nSPS) is 12.3. The molecule has 6 nitrogen and oxygen atoms in total. The van der Waals surface area contributed by atoms with Crippen LogP contribution < -0.4 is 11.6 Å². The molecule has 8 heteroatoms. The standard InChI is InChI=1S/C11H12FN5OS/c1-6(9(13)18)19-11-16-15-10(17(11)14)7-2-4-8(12)5-3-7/h2-6H,14H2,1H3,(H2,13,18). The van der Waals surface area contributed by atoms with E-state index in [1.54, 1.807) is 19.1 Å². The van der Waals surface area contributed by atoms with E-state index >= 15 is 0 Å². The number of amides is 1. The number of nitrogen functional groups attached to an aromatic ring is 1. The predicted molar refractivity (Wildman–Crippen MR) is 70.1 cm³/mol. The fraction of sp³-hybridized carbons (Fsp3) is 0.182. The summed E-state index contributed by atoms with van der Waals surface area (Å²) in [6.45, 7) is 1.65. The molecule has 19 heavy (non-hydrogen) atoms. The Hall–Kier alpha value is -2.09. The average molecular weight is 281 g/mol. The summed E-state index contributed by atoms with van der Waals surface area (Å²) in [6.07, 6.45) is 0. The Morgan fingerprint density at radius 3 is 2.58 bits per heavy atom. The number of aromatic nitrogens is 3. The summed E-state index contributed by atoms with van der Waals surface area (Å²) < 4.78 is 14.1. The van der Waals surface area contributed by atoms with Crippen LogP contribution in [0, 0.1) is 5.82 Å². The van der Waals surface area contributed by atoms with E-state index in [9.17, 15) is 9.18 Å². The molecule has 4 N–H and O–H groups in total. The van der Waals surface area contributed by atoms with Crippen LogP contribution in [0.25, 0.3) is 11.4 Å². The van der Waals surface area contributed by atoms with E-state index in [1.807, 2.05) is 0 Å². The highest BCUT2D eigenvalue weighted by Gasteiger charge is 2.17. The number of benzene rings is 1. The van der Waals surface area contributed by atoms with Gasteiger partial charge >= 0.3 is 0 Å². The van der Waals surface area contributed by atoms with E-state index in [-0.39, 0.29) is 5.82 Å². The number of hydrogen-bond acceptors (Lipinski definition) is 5. The Kier molecular flexibility index (Phi) is 3.70. The van der Waals surface area contributed by atoms with Crippen molar-refractivity contribution in [1.82, 2.24) is 14.9 Å². The van der Waals surface area contributed by atoms with Crippen LogP contribution in [0.5, 0.6) is 0 Å². The minimum atomic E-state index is -0.465. The third kappa shape index (κ3) is 2.84. The first-order valence-corrected chi connectivity index (χ1v) is 6.29. The molecule has 0 saturated carbocycles. The Morgan fingerprint density at radius 1 is 1.37 bits per heavy atom. The minimum absolute atomic E-state index is 0.344. The maximum absolute atomic E-state index is 12.8. The third-order valence-electron chi connectivity index (χ3n) is 2.45. The van der Waals surface area contributed by atoms with Gasteiger partial charge in [0, 0.05) is 5.56 Å². The van der Waals surface area contributed by atoms with Crippen LogP contribution in [-0.4, -0.2) is 26.0 Å². The van der Waals surface area contributed by atoms with Gasteiger partial charge < -0.3 is 11.6 Å². The summed E-state index contributed by atoms with van der Waals surface area (Å²) in [5.74, 6) is 5.43. The van der Waals surface area contributed by atoms with E-state index in [0.29, 0.717) is 16.5 Å². The number of thioether (sulfide) groups is 1. The summed E-state index contributed by atoms with van der Waals surface area (Å²) in [5, 5.41) is 7.71. The molecule has 2 aromatic rings. The van der Waals surface area contributed by atoms with Gasteiger partial charge in [-0.1, -0.05) is 11.8 Å². The molecule has 1 heterocycles. The molecule has 0 aliphatic rings. The monoisotopic (exact) mass is 281 g/mol. The molecule has 2 rings (SSSR count). The molecule has 1 unspecified atom stereocenters. The lowest BCUT2D eigenvalue weighted by Crippen LogP contribution is -2.23. The smallest absolute Gasteiger partial charge is 0.230 e. The van der Waals surface area contributed by atoms with E-state index in [4.69, 9.17) is 11.6 Å². The first kappa shape index (κ1) is 13.3. The Bertz CT molecular complexity index is 598. The second kappa shape index (κ2) is 5.27. The molecule has 0 spiro atoms. The van der Waals surface area contributed by atoms with E-state index in [2.05, 4.69) is 10.2 Å². The number of nitrogens with two attached hydrogens (primary N) is 2. The van der Waals surface area contributed by atoms with Crippen molar-refractivity contribution in [3.8, 4) is 11.4 Å². The highest BCUT2D eigenvalue weighted by molar-refractivity contribution is 8.00. The summed E-state index contributed by atoms with van der Waals surface area (Å²) in [4.78, 5) is 11.0. The van der Waals surface area contributed by atoms with Crippen LogP contribution in [0.15, 0.2) is 29.4 Å². The van der Waals surface area contributed by atoms with Crippen LogP contribution in [-0.2, 0) is 4.79 Å². The highest BCUT2D eigenvalue weighted by atomic mass is 32.2. The van der Waals surface area contributed by atoms with Crippen molar-refractivity contribution in [1.29, 1.82) is 0 Å². The van der Waals surface area contributed by atoms with Gasteiger partial charge in [-0.25, -0.2) is 9.07 Å². The molecule has 0 aliphatic heterocycles. The highest BCUT2D eigenvalue weighted by Crippen LogP contribution is 2.24. The Balaban J connectivity index is 2.27. The first-order valence-electron chi connectivity index (χ1n) is 5.41. The van der Waals surface area contributed by atoms with E-state index in [0.717, 1.165) is 11.8 Å². The zero-order valence-electron chi connectivity index (χ0n) is 10.1. The molecule has 0 saturated heterocycles. The van der Waals surface area contributed by atoms with Crippen molar-refractivity contribution >= 4 is 17.7 Å². The molecule has 1 aromatic heterocycles. The van der Waals surface area contributed by atoms with E-state index in [1.165, 1.54) is 16.8 Å². The van der Waals surface area contributed by atoms with Crippen LogP contribution in [0.2, 0.25) is 0 Å². The van der Waals surface area contributed by atoms with Crippen molar-refractivity contribution < 1.29 is 9.18 Å². The Labute approximate surface area is 113 Å². The van der Waals surface area contributed by atoms with Gasteiger partial charge in [0.1, 0.15) is 5.82 Å². The summed E-state index contributed by atoms with van der Waals surface area (Å²) in [7, 11) is 0. The minimum Gasteiger partial charge on any atom is -0.369 e. The first-order chi connectivity index (χ1) is 8.99. The number of rotatable bonds is 4. The fourth-order valence-electron chi connectivity index (χ4n) is 1.37. The van der Waals surface area contributed by atoms with Crippen LogP contribution in [0.4, 0.5) is 4.39 Å². The molecular formula is C11H12FN5OS. The maximum atomic E-state index is 12.8. The topological polar surface area (TPSA) is 99.8 Å². The molecule has 1 amide bonds. The molecule has 0 aliphatic carbocycles. The average Bonchev–Trinajstić information content (AvgIpc) is 2.72. The SMILES string of the molecule is CC(Sc1nnc(-c2ccc(F)cc2)n1N)C(N)=O. The molecule has 100 valence electrons. The molecule has 0 radical (unpaired) electrons. The molecule has 0 bridgehead atoms. The second-order valence-electron chi connectivity index (χ2n) is 3.85. The molecule has 0 fully saturated rings. The van der Waals surface area contributed by atoms with Gasteiger partial charge in [-0.05, 0) is 31.2 Å². The van der Waals surface area contributed by atoms with Crippen molar-refractivity contribution in [2.24, 2.45) is 5.73 Å². The van der Waals surface area contributed by atoms with Crippen LogP contribution in [0.1, 0.15) is 6.92 Å². The number of primary amides is 1. The summed E-state index contributed by atoms with van der Waals surface area (Å²) >= 11 is 1.11. The fourth-order valence-corrected chi connectivity index (χ4v) is 2.09. The van der Waals surface area contributed by atoms with Gasteiger partial charge in [0.15, 0.2) is 5.82 Å². The number of carbonyl (C=O) groups is 1. The molecular weight excluding hydrogens is 269 g/mol. The lowest BCUT2D eigenvalue weighted by atomic mass is 10.2. The quantitative estimate of drug-likeness (QED) is 0.636. The van der Waals surface area contributed by atoms with Gasteiger partial charge in [-0.2, -0.15) is 0 Å². The third-order valence-corrected chi connectivity index (χ3v) is 3.52. The van der Waals surface area contributed by atoms with Crippen LogP contribution in [0.3, 0.4) is 0 Å².